The molecule has 0 aliphatic carbocycles. The van der Waals surface area contributed by atoms with Crippen molar-refractivity contribution in [2.75, 3.05) is 0 Å². The highest BCUT2D eigenvalue weighted by Crippen LogP contribution is 2.46. The van der Waals surface area contributed by atoms with E-state index in [0.29, 0.717) is 0 Å². The first-order valence-corrected chi connectivity index (χ1v) is 14.3. The van der Waals surface area contributed by atoms with Gasteiger partial charge in [0.2, 0.25) is 0 Å². The van der Waals surface area contributed by atoms with Crippen LogP contribution in [0.2, 0.25) is 0 Å². The summed E-state index contributed by atoms with van der Waals surface area (Å²) < 4.78 is 13.1. The van der Waals surface area contributed by atoms with Crippen molar-refractivity contribution in [3.8, 4) is 33.6 Å². The lowest BCUT2D eigenvalue weighted by Gasteiger charge is -2.17. The fourth-order valence-corrected chi connectivity index (χ4v) is 6.61. The third-order valence-electron chi connectivity index (χ3n) is 8.46. The monoisotopic (exact) mass is 536 g/mol. The second-order valence-electron chi connectivity index (χ2n) is 10.9. The van der Waals surface area contributed by atoms with Crippen molar-refractivity contribution >= 4 is 54.5 Å². The van der Waals surface area contributed by atoms with Crippen LogP contribution in [0.3, 0.4) is 0 Å². The molecule has 196 valence electrons. The van der Waals surface area contributed by atoms with Crippen LogP contribution in [0.1, 0.15) is 0 Å². The van der Waals surface area contributed by atoms with Crippen LogP contribution < -0.4 is 0 Å². The van der Waals surface area contributed by atoms with Gasteiger partial charge < -0.3 is 8.83 Å². The highest BCUT2D eigenvalue weighted by Gasteiger charge is 2.20. The van der Waals surface area contributed by atoms with E-state index in [4.69, 9.17) is 8.83 Å². The van der Waals surface area contributed by atoms with Crippen LogP contribution in [0, 0.1) is 0 Å². The van der Waals surface area contributed by atoms with Crippen molar-refractivity contribution in [1.82, 2.24) is 0 Å². The largest absolute Gasteiger partial charge is 0.456 e. The molecule has 0 aliphatic heterocycles. The summed E-state index contributed by atoms with van der Waals surface area (Å²) in [4.78, 5) is 0. The molecule has 0 fully saturated rings. The minimum absolute atomic E-state index is 0.859. The molecule has 9 rings (SSSR count). The van der Waals surface area contributed by atoms with Crippen molar-refractivity contribution in [2.45, 2.75) is 0 Å². The van der Waals surface area contributed by atoms with Gasteiger partial charge in [-0.2, -0.15) is 0 Å². The highest BCUT2D eigenvalue weighted by atomic mass is 16.3. The molecule has 42 heavy (non-hydrogen) atoms. The zero-order valence-corrected chi connectivity index (χ0v) is 22.7. The Labute approximate surface area is 242 Å². The predicted octanol–water partition coefficient (Wildman–Crippen LogP) is 11.6. The van der Waals surface area contributed by atoms with Gasteiger partial charge in [0.25, 0.3) is 0 Å². The number of hydrogen-bond acceptors (Lipinski definition) is 2. The molecule has 0 bridgehead atoms. The van der Waals surface area contributed by atoms with Gasteiger partial charge in [0.1, 0.15) is 22.5 Å². The van der Waals surface area contributed by atoms with E-state index in [9.17, 15) is 0 Å². The molecule has 2 nitrogen and oxygen atoms in total. The predicted molar refractivity (Wildman–Crippen MR) is 175 cm³/mol. The number of hydrogen-bond donors (Lipinski definition) is 0. The van der Waals surface area contributed by atoms with Crippen LogP contribution in [0.5, 0.6) is 0 Å². The van der Waals surface area contributed by atoms with E-state index in [1.807, 2.05) is 18.2 Å². The van der Waals surface area contributed by atoms with E-state index in [1.165, 1.54) is 38.2 Å². The molecular weight excluding hydrogens is 512 g/mol. The van der Waals surface area contributed by atoms with Gasteiger partial charge in [0.15, 0.2) is 0 Å². The third-order valence-corrected chi connectivity index (χ3v) is 8.46. The first kappa shape index (κ1) is 23.1. The van der Waals surface area contributed by atoms with E-state index >= 15 is 0 Å². The van der Waals surface area contributed by atoms with Crippen LogP contribution in [-0.2, 0) is 0 Å². The Kier molecular flexibility index (Phi) is 4.93. The van der Waals surface area contributed by atoms with Crippen molar-refractivity contribution in [3.63, 3.8) is 0 Å². The molecule has 0 saturated carbocycles. The molecule has 0 radical (unpaired) electrons. The minimum atomic E-state index is 0.859. The van der Waals surface area contributed by atoms with E-state index in [2.05, 4.69) is 127 Å². The van der Waals surface area contributed by atoms with Gasteiger partial charge in [-0.3, -0.25) is 0 Å². The number of furan rings is 2. The quantitative estimate of drug-likeness (QED) is 0.210. The van der Waals surface area contributed by atoms with Crippen molar-refractivity contribution in [3.05, 3.63) is 146 Å². The van der Waals surface area contributed by atoms with Crippen molar-refractivity contribution in [2.24, 2.45) is 0 Å². The molecule has 2 heterocycles. The second-order valence-corrected chi connectivity index (χ2v) is 10.9. The molecule has 0 spiro atoms. The summed E-state index contributed by atoms with van der Waals surface area (Å²) in [5, 5.41) is 8.07. The average Bonchev–Trinajstić information content (AvgIpc) is 3.64. The average molecular weight is 537 g/mol. The smallest absolute Gasteiger partial charge is 0.143 e. The molecule has 2 heteroatoms. The van der Waals surface area contributed by atoms with Gasteiger partial charge in [0, 0.05) is 32.8 Å². The highest BCUT2D eigenvalue weighted by molar-refractivity contribution is 6.24. The summed E-state index contributed by atoms with van der Waals surface area (Å²) in [6.45, 7) is 0. The van der Waals surface area contributed by atoms with Crippen molar-refractivity contribution in [1.29, 1.82) is 0 Å². The number of para-hydroxylation sites is 1. The molecule has 0 saturated heterocycles. The number of benzene rings is 7. The Morgan fingerprint density at radius 1 is 0.357 bits per heavy atom. The summed E-state index contributed by atoms with van der Waals surface area (Å²) in [6.07, 6.45) is 0. The molecule has 0 atom stereocenters. The van der Waals surface area contributed by atoms with Gasteiger partial charge in [-0.15, -0.1) is 0 Å². The number of rotatable bonds is 3. The van der Waals surface area contributed by atoms with Crippen LogP contribution in [0.15, 0.2) is 154 Å². The maximum atomic E-state index is 6.73. The zero-order valence-electron chi connectivity index (χ0n) is 22.7. The van der Waals surface area contributed by atoms with Gasteiger partial charge in [-0.1, -0.05) is 127 Å². The lowest BCUT2D eigenvalue weighted by molar-refractivity contribution is 0.631. The van der Waals surface area contributed by atoms with Gasteiger partial charge in [0.05, 0.1) is 0 Å². The lowest BCUT2D eigenvalue weighted by atomic mass is 9.85. The lowest BCUT2D eigenvalue weighted by Crippen LogP contribution is -1.90. The molecule has 7 aromatic carbocycles. The Morgan fingerprint density at radius 3 is 1.60 bits per heavy atom. The Balaban J connectivity index is 1.34. The normalized spacial score (nSPS) is 11.8. The summed E-state index contributed by atoms with van der Waals surface area (Å²) in [6, 6.07) is 51.2. The molecule has 0 unspecified atom stereocenters. The van der Waals surface area contributed by atoms with E-state index < -0.39 is 0 Å². The Hall–Kier alpha value is -5.60. The van der Waals surface area contributed by atoms with Gasteiger partial charge in [-0.05, 0) is 50.9 Å². The van der Waals surface area contributed by atoms with Gasteiger partial charge in [-0.25, -0.2) is 0 Å². The summed E-state index contributed by atoms with van der Waals surface area (Å²) in [5.74, 6) is 0.861. The molecule has 0 aliphatic rings. The molecule has 2 aromatic heterocycles. The van der Waals surface area contributed by atoms with E-state index in [1.54, 1.807) is 0 Å². The fourth-order valence-electron chi connectivity index (χ4n) is 6.61. The summed E-state index contributed by atoms with van der Waals surface area (Å²) >= 11 is 0. The first-order valence-electron chi connectivity index (χ1n) is 14.3. The zero-order chi connectivity index (χ0) is 27.6. The third kappa shape index (κ3) is 3.39. The van der Waals surface area contributed by atoms with Gasteiger partial charge >= 0.3 is 0 Å². The maximum Gasteiger partial charge on any atom is 0.143 e. The van der Waals surface area contributed by atoms with Crippen LogP contribution >= 0.6 is 0 Å². The standard InChI is InChI=1S/C40H24O2/c1-3-12-25(13-4-1)35-22-27-23-37-34(24-36(27)41-35)32-20-11-21-33(40(32)42-37)39-30-18-9-7-16-28(30)38(26-14-5-2-6-15-26)29-17-8-10-19-31(29)39/h1-24H. The summed E-state index contributed by atoms with van der Waals surface area (Å²) in [7, 11) is 0. The van der Waals surface area contributed by atoms with Crippen LogP contribution in [-0.4, -0.2) is 0 Å². The first-order chi connectivity index (χ1) is 20.8. The summed E-state index contributed by atoms with van der Waals surface area (Å²) in [5.41, 5.74) is 8.45. The minimum Gasteiger partial charge on any atom is -0.456 e. The molecular formula is C40H24O2. The van der Waals surface area contributed by atoms with E-state index in [0.717, 1.165) is 49.8 Å². The van der Waals surface area contributed by atoms with Crippen LogP contribution in [0.4, 0.5) is 0 Å². The molecule has 0 amide bonds. The second kappa shape index (κ2) is 8.95. The molecule has 0 N–H and O–H groups in total. The fraction of sp³-hybridized carbons (Fsp3) is 0. The SMILES string of the molecule is c1ccc(-c2cc3cc4oc5c(-c6c7ccccc7c(-c7ccccc7)c7ccccc67)cccc5c4cc3o2)cc1. The maximum absolute atomic E-state index is 6.73. The Morgan fingerprint density at radius 2 is 0.929 bits per heavy atom. The molecule has 9 aromatic rings. The van der Waals surface area contributed by atoms with Crippen molar-refractivity contribution < 1.29 is 8.83 Å². The topological polar surface area (TPSA) is 26.3 Å². The van der Waals surface area contributed by atoms with Crippen LogP contribution in [0.25, 0.3) is 88.0 Å². The van der Waals surface area contributed by atoms with E-state index in [-0.39, 0.29) is 0 Å². The Bertz CT molecular complexity index is 2390. The number of fused-ring (bicyclic) bond motifs is 6.